The van der Waals surface area contributed by atoms with Crippen molar-refractivity contribution in [2.24, 2.45) is 4.36 Å². The van der Waals surface area contributed by atoms with Gasteiger partial charge in [-0.2, -0.15) is 4.98 Å². The Kier molecular flexibility index (Phi) is 10.6. The molecule has 0 saturated heterocycles. The summed E-state index contributed by atoms with van der Waals surface area (Å²) in [4.78, 5) is 33.6. The lowest BCUT2D eigenvalue weighted by atomic mass is 10.2. The fourth-order valence-electron chi connectivity index (χ4n) is 2.87. The van der Waals surface area contributed by atoms with Gasteiger partial charge in [0.05, 0.1) is 35.8 Å². The van der Waals surface area contributed by atoms with Crippen LogP contribution in [-0.2, 0) is 29.6 Å². The zero-order valence-electron chi connectivity index (χ0n) is 19.8. The average molecular weight is 534 g/mol. The van der Waals surface area contributed by atoms with Gasteiger partial charge < -0.3 is 24.8 Å². The summed E-state index contributed by atoms with van der Waals surface area (Å²) in [5, 5.41) is 8.24. The highest BCUT2D eigenvalue weighted by molar-refractivity contribution is 7.75. The molecule has 0 saturated carbocycles. The number of anilines is 3. The maximum Gasteiger partial charge on any atom is 0.441 e. The van der Waals surface area contributed by atoms with Crippen LogP contribution in [0.3, 0.4) is 0 Å². The van der Waals surface area contributed by atoms with Gasteiger partial charge >= 0.3 is 12.1 Å². The molecule has 0 spiro atoms. The Balaban J connectivity index is 1.70. The molecule has 1 atom stereocenters. The minimum Gasteiger partial charge on any atom is -0.463 e. The molecule has 0 aliphatic rings. The Hall–Kier alpha value is -3.55. The van der Waals surface area contributed by atoms with Crippen molar-refractivity contribution >= 4 is 51.4 Å². The number of nitrogens with zero attached hydrogens (tertiary/aromatic N) is 3. The van der Waals surface area contributed by atoms with Crippen LogP contribution in [-0.4, -0.2) is 59.7 Å². The van der Waals surface area contributed by atoms with Crippen LogP contribution >= 0.6 is 11.3 Å². The summed E-state index contributed by atoms with van der Waals surface area (Å²) in [5.41, 5.74) is 1.45. The number of thiophene rings is 1. The van der Waals surface area contributed by atoms with Crippen LogP contribution in [0.2, 0.25) is 0 Å². The van der Waals surface area contributed by atoms with Crippen LogP contribution in [0.15, 0.2) is 57.2 Å². The number of ether oxygens (including phenoxy) is 3. The van der Waals surface area contributed by atoms with E-state index in [0.717, 1.165) is 10.4 Å². The van der Waals surface area contributed by atoms with Crippen molar-refractivity contribution in [3.63, 3.8) is 0 Å². The van der Waals surface area contributed by atoms with Crippen molar-refractivity contribution in [2.75, 3.05) is 44.1 Å². The van der Waals surface area contributed by atoms with E-state index < -0.39 is 16.7 Å². The second-order valence-corrected chi connectivity index (χ2v) is 9.28. The molecule has 0 bridgehead atoms. The minimum absolute atomic E-state index is 0.162. The number of rotatable bonds is 12. The van der Waals surface area contributed by atoms with Crippen molar-refractivity contribution in [2.45, 2.75) is 18.2 Å². The average Bonchev–Trinajstić information content (AvgIpc) is 3.40. The highest BCUT2D eigenvalue weighted by Crippen LogP contribution is 2.31. The molecule has 192 valence electrons. The van der Waals surface area contributed by atoms with E-state index in [1.54, 1.807) is 55.8 Å². The lowest BCUT2D eigenvalue weighted by Crippen LogP contribution is -2.15. The quantitative estimate of drug-likeness (QED) is 0.177. The topological polar surface area (TPSA) is 141 Å². The van der Waals surface area contributed by atoms with E-state index in [-0.39, 0.29) is 25.6 Å². The Labute approximate surface area is 214 Å². The van der Waals surface area contributed by atoms with Crippen LogP contribution < -0.4 is 10.6 Å². The molecule has 1 unspecified atom stereocenters. The van der Waals surface area contributed by atoms with E-state index >= 15 is 0 Å². The number of hydrogen-bond acceptors (Lipinski definition) is 11. The maximum atomic E-state index is 12.2. The molecule has 0 aliphatic heterocycles. The first-order chi connectivity index (χ1) is 17.5. The number of amides is 1. The summed E-state index contributed by atoms with van der Waals surface area (Å²) in [5.74, 6) is 0.555. The molecule has 3 rings (SSSR count). The number of esters is 1. The van der Waals surface area contributed by atoms with Crippen LogP contribution in [0.25, 0.3) is 10.4 Å². The van der Waals surface area contributed by atoms with E-state index in [1.807, 2.05) is 17.5 Å². The van der Waals surface area contributed by atoms with Crippen LogP contribution in [0, 0.1) is 0 Å². The van der Waals surface area contributed by atoms with Gasteiger partial charge in [-0.15, -0.1) is 15.7 Å². The van der Waals surface area contributed by atoms with E-state index in [2.05, 4.69) is 25.0 Å². The monoisotopic (exact) mass is 533 g/mol. The SMILES string of the molecule is CCOC(=O)N=[SH](=O)c1ccc(Nc2ncc(-c3cccs3)c(NCCC(=O)OCCOC)n2)cc1. The van der Waals surface area contributed by atoms with Gasteiger partial charge in [0.2, 0.25) is 5.95 Å². The zero-order chi connectivity index (χ0) is 25.8. The van der Waals surface area contributed by atoms with Crippen LogP contribution in [0.4, 0.5) is 22.2 Å². The summed E-state index contributed by atoms with van der Waals surface area (Å²) >= 11 is 1.55. The van der Waals surface area contributed by atoms with Gasteiger partial charge in [-0.25, -0.2) is 14.0 Å². The molecular weight excluding hydrogens is 506 g/mol. The first-order valence-corrected chi connectivity index (χ1v) is 13.1. The van der Waals surface area contributed by atoms with Gasteiger partial charge in [-0.05, 0) is 42.6 Å². The number of benzene rings is 1. The molecule has 1 aromatic carbocycles. The maximum absolute atomic E-state index is 12.2. The number of hydrogen-bond donors (Lipinski definition) is 3. The van der Waals surface area contributed by atoms with Gasteiger partial charge in [-0.1, -0.05) is 6.07 Å². The summed E-state index contributed by atoms with van der Waals surface area (Å²) < 4.78 is 30.4. The summed E-state index contributed by atoms with van der Waals surface area (Å²) in [7, 11) is -0.717. The molecule has 36 heavy (non-hydrogen) atoms. The molecule has 0 fully saturated rings. The van der Waals surface area contributed by atoms with Gasteiger partial charge in [-0.3, -0.25) is 4.79 Å². The van der Waals surface area contributed by atoms with Crippen molar-refractivity contribution in [3.8, 4) is 10.4 Å². The number of nitrogens with one attached hydrogen (secondary N) is 2. The van der Waals surface area contributed by atoms with E-state index in [9.17, 15) is 13.8 Å². The first-order valence-electron chi connectivity index (χ1n) is 11.0. The van der Waals surface area contributed by atoms with Gasteiger partial charge in [0, 0.05) is 35.3 Å². The second kappa shape index (κ2) is 14.1. The van der Waals surface area contributed by atoms with Crippen LogP contribution in [0.1, 0.15) is 13.3 Å². The van der Waals surface area contributed by atoms with E-state index in [4.69, 9.17) is 14.2 Å². The summed E-state index contributed by atoms with van der Waals surface area (Å²) in [6.45, 7) is 2.69. The fourth-order valence-corrected chi connectivity index (χ4v) is 4.33. The molecule has 2 heterocycles. The highest BCUT2D eigenvalue weighted by Gasteiger charge is 2.12. The molecule has 2 aromatic heterocycles. The normalized spacial score (nSPS) is 11.6. The summed E-state index contributed by atoms with van der Waals surface area (Å²) in [6, 6.07) is 10.5. The smallest absolute Gasteiger partial charge is 0.441 e. The lowest BCUT2D eigenvalue weighted by Gasteiger charge is -2.12. The number of aromatic nitrogens is 2. The predicted octanol–water partition coefficient (Wildman–Crippen LogP) is 4.12. The standard InChI is InChI=1S/C23H27N5O6S2/c1-3-33-23(30)28-36(31)17-8-6-16(7-9-17)26-22-25-15-18(19-5-4-14-35-19)21(27-22)24-11-10-20(29)34-13-12-32-2/h4-9,14-15,36H,3,10-13H2,1-2H3,(H2,24,25,26,27). The van der Waals surface area contributed by atoms with Crippen molar-refractivity contribution in [1.29, 1.82) is 0 Å². The van der Waals surface area contributed by atoms with Crippen molar-refractivity contribution in [3.05, 3.63) is 48.0 Å². The molecule has 1 amide bonds. The third-order valence-electron chi connectivity index (χ3n) is 4.53. The Morgan fingerprint density at radius 3 is 2.64 bits per heavy atom. The molecule has 3 aromatic rings. The van der Waals surface area contributed by atoms with Gasteiger partial charge in [0.25, 0.3) is 0 Å². The third-order valence-corrected chi connectivity index (χ3v) is 6.52. The number of carbonyl (C=O) groups is 2. The molecular formula is C23H27N5O6S2. The fraction of sp³-hybridized carbons (Fsp3) is 0.304. The highest BCUT2D eigenvalue weighted by atomic mass is 32.2. The Bertz CT molecular complexity index is 1230. The number of carbonyl (C=O) groups excluding carboxylic acids is 2. The van der Waals surface area contributed by atoms with Gasteiger partial charge in [0.15, 0.2) is 0 Å². The molecule has 0 radical (unpaired) electrons. The molecule has 0 aliphatic carbocycles. The summed E-state index contributed by atoms with van der Waals surface area (Å²) in [6.07, 6.45) is 1.00. The van der Waals surface area contributed by atoms with Gasteiger partial charge in [0.1, 0.15) is 12.4 Å². The predicted molar refractivity (Wildman–Crippen MR) is 138 cm³/mol. The lowest BCUT2D eigenvalue weighted by molar-refractivity contribution is -0.144. The van der Waals surface area contributed by atoms with Crippen molar-refractivity contribution < 1.29 is 28.0 Å². The zero-order valence-corrected chi connectivity index (χ0v) is 21.5. The van der Waals surface area contributed by atoms with Crippen molar-refractivity contribution in [1.82, 2.24) is 9.97 Å². The van der Waals surface area contributed by atoms with E-state index in [0.29, 0.717) is 35.5 Å². The second-order valence-electron chi connectivity index (χ2n) is 7.07. The molecule has 2 N–H and O–H groups in total. The first kappa shape index (κ1) is 27.0. The largest absolute Gasteiger partial charge is 0.463 e. The van der Waals surface area contributed by atoms with E-state index in [1.165, 1.54) is 0 Å². The Morgan fingerprint density at radius 2 is 1.94 bits per heavy atom. The third kappa shape index (κ3) is 8.29. The molecule has 13 heteroatoms. The van der Waals surface area contributed by atoms with Crippen LogP contribution in [0.5, 0.6) is 0 Å². The Morgan fingerprint density at radius 1 is 1.14 bits per heavy atom. The number of methoxy groups -OCH3 is 1. The number of thiol groups is 1. The minimum atomic E-state index is -2.26. The molecule has 11 nitrogen and oxygen atoms in total.